The molecule has 1 aliphatic heterocycles. The van der Waals surface area contributed by atoms with Crippen LogP contribution in [0.3, 0.4) is 0 Å². The number of nitrogens with one attached hydrogen (secondary N) is 1. The summed E-state index contributed by atoms with van der Waals surface area (Å²) in [6.45, 7) is 6.34. The highest BCUT2D eigenvalue weighted by molar-refractivity contribution is 6.31. The van der Waals surface area contributed by atoms with Crippen LogP contribution in [0.1, 0.15) is 12.5 Å². The van der Waals surface area contributed by atoms with E-state index in [0.717, 1.165) is 22.8 Å². The van der Waals surface area contributed by atoms with Crippen molar-refractivity contribution >= 4 is 17.3 Å². The predicted molar refractivity (Wildman–Crippen MR) is 71.9 cm³/mol. The molecular formula is C13H19ClN2O. The maximum atomic E-state index is 9.86. The third-order valence-corrected chi connectivity index (χ3v) is 3.62. The van der Waals surface area contributed by atoms with Gasteiger partial charge in [0, 0.05) is 36.4 Å². The van der Waals surface area contributed by atoms with Crippen molar-refractivity contribution in [3.63, 3.8) is 0 Å². The quantitative estimate of drug-likeness (QED) is 0.802. The Morgan fingerprint density at radius 3 is 2.94 bits per heavy atom. The van der Waals surface area contributed by atoms with Gasteiger partial charge in [-0.15, -0.1) is 0 Å². The second-order valence-electron chi connectivity index (χ2n) is 4.75. The molecule has 0 radical (unpaired) electrons. The molecule has 1 aromatic rings. The van der Waals surface area contributed by atoms with Crippen molar-refractivity contribution in [2.45, 2.75) is 26.0 Å². The molecule has 0 aromatic heterocycles. The molecule has 3 nitrogen and oxygen atoms in total. The Balaban J connectivity index is 2.27. The molecule has 0 aliphatic carbocycles. The molecule has 1 fully saturated rings. The number of anilines is 1. The minimum atomic E-state index is -0.335. The van der Waals surface area contributed by atoms with E-state index < -0.39 is 0 Å². The standard InChI is InChI=1S/C13H19ClN2O/c1-9-7-16(8-11(17)6-15-9)13-5-3-4-12(14)10(13)2/h3-5,9,11,15,17H,6-8H2,1-2H3. The minimum Gasteiger partial charge on any atom is -0.390 e. The molecule has 94 valence electrons. The lowest BCUT2D eigenvalue weighted by molar-refractivity contribution is 0.183. The van der Waals surface area contributed by atoms with Crippen molar-refractivity contribution in [2.75, 3.05) is 24.5 Å². The fourth-order valence-corrected chi connectivity index (χ4v) is 2.43. The van der Waals surface area contributed by atoms with Gasteiger partial charge in [0.05, 0.1) is 6.10 Å². The van der Waals surface area contributed by atoms with E-state index in [0.29, 0.717) is 19.1 Å². The fraction of sp³-hybridized carbons (Fsp3) is 0.538. The molecule has 2 atom stereocenters. The zero-order valence-corrected chi connectivity index (χ0v) is 11.0. The summed E-state index contributed by atoms with van der Waals surface area (Å²) in [5.41, 5.74) is 2.20. The van der Waals surface area contributed by atoms with Crippen LogP contribution in [0.2, 0.25) is 5.02 Å². The van der Waals surface area contributed by atoms with Crippen LogP contribution < -0.4 is 10.2 Å². The first kappa shape index (κ1) is 12.7. The van der Waals surface area contributed by atoms with E-state index >= 15 is 0 Å². The molecule has 2 rings (SSSR count). The summed E-state index contributed by atoms with van der Waals surface area (Å²) in [7, 11) is 0. The highest BCUT2D eigenvalue weighted by atomic mass is 35.5. The average Bonchev–Trinajstić information content (AvgIpc) is 2.45. The SMILES string of the molecule is Cc1c(Cl)cccc1N1CC(O)CNC(C)C1. The Morgan fingerprint density at radius 1 is 1.41 bits per heavy atom. The summed E-state index contributed by atoms with van der Waals surface area (Å²) in [6.07, 6.45) is -0.335. The van der Waals surface area contributed by atoms with Crippen molar-refractivity contribution in [1.82, 2.24) is 5.32 Å². The van der Waals surface area contributed by atoms with Gasteiger partial charge in [-0.05, 0) is 31.5 Å². The van der Waals surface area contributed by atoms with Gasteiger partial charge in [-0.1, -0.05) is 17.7 Å². The molecule has 17 heavy (non-hydrogen) atoms. The zero-order chi connectivity index (χ0) is 12.4. The number of aliphatic hydroxyl groups is 1. The summed E-state index contributed by atoms with van der Waals surface area (Å²) in [5, 5.41) is 13.9. The Kier molecular flexibility index (Phi) is 3.92. The van der Waals surface area contributed by atoms with Gasteiger partial charge < -0.3 is 15.3 Å². The molecule has 1 heterocycles. The molecule has 0 saturated carbocycles. The van der Waals surface area contributed by atoms with E-state index in [1.165, 1.54) is 0 Å². The minimum absolute atomic E-state index is 0.335. The number of aliphatic hydroxyl groups excluding tert-OH is 1. The Morgan fingerprint density at radius 2 is 2.18 bits per heavy atom. The molecule has 2 unspecified atom stereocenters. The first-order chi connectivity index (χ1) is 8.08. The molecule has 4 heteroatoms. The van der Waals surface area contributed by atoms with E-state index in [1.807, 2.05) is 19.1 Å². The van der Waals surface area contributed by atoms with Crippen molar-refractivity contribution in [1.29, 1.82) is 0 Å². The van der Waals surface area contributed by atoms with Gasteiger partial charge in [-0.25, -0.2) is 0 Å². The van der Waals surface area contributed by atoms with Crippen LogP contribution in [0.25, 0.3) is 0 Å². The average molecular weight is 255 g/mol. The summed E-state index contributed by atoms with van der Waals surface area (Å²) in [6, 6.07) is 6.29. The molecule has 0 amide bonds. The second kappa shape index (κ2) is 5.25. The highest BCUT2D eigenvalue weighted by Crippen LogP contribution is 2.27. The topological polar surface area (TPSA) is 35.5 Å². The van der Waals surface area contributed by atoms with Crippen LogP contribution in [-0.4, -0.2) is 36.9 Å². The molecule has 1 aromatic carbocycles. The van der Waals surface area contributed by atoms with Gasteiger partial charge >= 0.3 is 0 Å². The number of hydrogen-bond acceptors (Lipinski definition) is 3. The van der Waals surface area contributed by atoms with Crippen LogP contribution in [0.15, 0.2) is 18.2 Å². The van der Waals surface area contributed by atoms with E-state index in [2.05, 4.69) is 23.2 Å². The van der Waals surface area contributed by atoms with E-state index in [4.69, 9.17) is 11.6 Å². The van der Waals surface area contributed by atoms with Crippen molar-refractivity contribution in [2.24, 2.45) is 0 Å². The lowest BCUT2D eigenvalue weighted by Crippen LogP contribution is -2.35. The van der Waals surface area contributed by atoms with Crippen LogP contribution in [0, 0.1) is 6.92 Å². The van der Waals surface area contributed by atoms with Crippen LogP contribution in [0.5, 0.6) is 0 Å². The Bertz CT molecular complexity index is 385. The van der Waals surface area contributed by atoms with Crippen LogP contribution in [0.4, 0.5) is 5.69 Å². The number of β-amino-alcohol motifs (C(OH)–C–C–N with tert-alkyl or cyclic N) is 1. The van der Waals surface area contributed by atoms with E-state index in [9.17, 15) is 5.11 Å². The van der Waals surface area contributed by atoms with Gasteiger partial charge in [0.25, 0.3) is 0 Å². The third kappa shape index (κ3) is 2.92. The van der Waals surface area contributed by atoms with Gasteiger partial charge in [0.2, 0.25) is 0 Å². The van der Waals surface area contributed by atoms with Crippen LogP contribution in [-0.2, 0) is 0 Å². The van der Waals surface area contributed by atoms with Crippen molar-refractivity contribution in [3.05, 3.63) is 28.8 Å². The van der Waals surface area contributed by atoms with E-state index in [-0.39, 0.29) is 6.10 Å². The van der Waals surface area contributed by atoms with Gasteiger partial charge in [0.1, 0.15) is 0 Å². The van der Waals surface area contributed by atoms with Gasteiger partial charge in [0.15, 0.2) is 0 Å². The first-order valence-electron chi connectivity index (χ1n) is 5.99. The van der Waals surface area contributed by atoms with Crippen molar-refractivity contribution < 1.29 is 5.11 Å². The Labute approximate surface area is 107 Å². The number of hydrogen-bond donors (Lipinski definition) is 2. The Hall–Kier alpha value is -0.770. The number of halogens is 1. The highest BCUT2D eigenvalue weighted by Gasteiger charge is 2.21. The maximum Gasteiger partial charge on any atom is 0.0839 e. The first-order valence-corrected chi connectivity index (χ1v) is 6.37. The lowest BCUT2D eigenvalue weighted by atomic mass is 10.1. The number of nitrogens with zero attached hydrogens (tertiary/aromatic N) is 1. The summed E-state index contributed by atoms with van der Waals surface area (Å²) in [4.78, 5) is 2.20. The summed E-state index contributed by atoms with van der Waals surface area (Å²) in [5.74, 6) is 0. The van der Waals surface area contributed by atoms with Gasteiger partial charge in [-0.3, -0.25) is 0 Å². The van der Waals surface area contributed by atoms with Crippen molar-refractivity contribution in [3.8, 4) is 0 Å². The van der Waals surface area contributed by atoms with Crippen LogP contribution >= 0.6 is 11.6 Å². The maximum absolute atomic E-state index is 9.86. The molecule has 1 saturated heterocycles. The smallest absolute Gasteiger partial charge is 0.0839 e. The molecule has 2 N–H and O–H groups in total. The number of rotatable bonds is 1. The third-order valence-electron chi connectivity index (χ3n) is 3.21. The monoisotopic (exact) mass is 254 g/mol. The normalized spacial score (nSPS) is 25.8. The summed E-state index contributed by atoms with van der Waals surface area (Å²) < 4.78 is 0. The van der Waals surface area contributed by atoms with Gasteiger partial charge in [-0.2, -0.15) is 0 Å². The molecule has 1 aliphatic rings. The lowest BCUT2D eigenvalue weighted by Gasteiger charge is -2.27. The summed E-state index contributed by atoms with van der Waals surface area (Å²) >= 11 is 6.14. The van der Waals surface area contributed by atoms with E-state index in [1.54, 1.807) is 0 Å². The predicted octanol–water partition coefficient (Wildman–Crippen LogP) is 1.81. The zero-order valence-electron chi connectivity index (χ0n) is 10.3. The molecule has 0 spiro atoms. The molecule has 0 bridgehead atoms. The number of benzene rings is 1. The largest absolute Gasteiger partial charge is 0.390 e. The second-order valence-corrected chi connectivity index (χ2v) is 5.16. The fourth-order valence-electron chi connectivity index (χ4n) is 2.26. The molecular weight excluding hydrogens is 236 g/mol.